The molecule has 1 aromatic heterocycles. The lowest BCUT2D eigenvalue weighted by molar-refractivity contribution is -0.146. The molecule has 0 saturated heterocycles. The lowest BCUT2D eigenvalue weighted by atomic mass is 10.3. The van der Waals surface area contributed by atoms with Gasteiger partial charge < -0.3 is 4.74 Å². The van der Waals surface area contributed by atoms with Crippen LogP contribution in [0.1, 0.15) is 11.0 Å². The van der Waals surface area contributed by atoms with Crippen molar-refractivity contribution in [3.05, 3.63) is 21.3 Å². The lowest BCUT2D eigenvalue weighted by Gasteiger charge is -2.01. The first-order valence-corrected chi connectivity index (χ1v) is 4.31. The van der Waals surface area contributed by atoms with Crippen LogP contribution in [0.3, 0.4) is 0 Å². The first-order chi connectivity index (χ1) is 5.65. The zero-order valence-electron chi connectivity index (χ0n) is 6.21. The number of ether oxygens (including phenoxy) is 1. The molecule has 0 radical (unpaired) electrons. The fraction of sp³-hybridized carbons (Fsp3) is 0.286. The van der Waals surface area contributed by atoms with Gasteiger partial charge in [-0.1, -0.05) is 11.6 Å². The molecule has 12 heavy (non-hydrogen) atoms. The minimum atomic E-state index is -1.72. The third kappa shape index (κ3) is 1.95. The summed E-state index contributed by atoms with van der Waals surface area (Å²) in [5, 5.41) is 0. The van der Waals surface area contributed by atoms with E-state index in [0.29, 0.717) is 4.34 Å². The first kappa shape index (κ1) is 9.48. The molecule has 0 aliphatic carbocycles. The van der Waals surface area contributed by atoms with E-state index in [1.807, 2.05) is 0 Å². The molecule has 2 nitrogen and oxygen atoms in total. The number of carbonyl (C=O) groups is 1. The third-order valence-corrected chi connectivity index (χ3v) is 2.52. The van der Waals surface area contributed by atoms with Crippen molar-refractivity contribution in [2.45, 2.75) is 6.17 Å². The van der Waals surface area contributed by atoms with E-state index in [9.17, 15) is 9.18 Å². The molecule has 0 fully saturated rings. The number of rotatable bonds is 2. The quantitative estimate of drug-likeness (QED) is 0.699. The summed E-state index contributed by atoms with van der Waals surface area (Å²) in [7, 11) is 1.14. The number of esters is 1. The molecule has 0 bridgehead atoms. The number of halogens is 2. The van der Waals surface area contributed by atoms with Crippen molar-refractivity contribution >= 4 is 28.9 Å². The number of carbonyl (C=O) groups excluding carboxylic acids is 1. The molecule has 0 N–H and O–H groups in total. The van der Waals surface area contributed by atoms with Crippen LogP contribution in [-0.4, -0.2) is 13.1 Å². The summed E-state index contributed by atoms with van der Waals surface area (Å²) in [6.07, 6.45) is -1.72. The number of methoxy groups -OCH3 is 1. The molecule has 0 saturated carbocycles. The van der Waals surface area contributed by atoms with Gasteiger partial charge in [-0.05, 0) is 12.1 Å². The van der Waals surface area contributed by atoms with E-state index in [-0.39, 0.29) is 4.88 Å². The molecule has 1 heterocycles. The van der Waals surface area contributed by atoms with Crippen LogP contribution in [0.15, 0.2) is 12.1 Å². The highest BCUT2D eigenvalue weighted by Crippen LogP contribution is 2.29. The normalized spacial score (nSPS) is 12.6. The molecule has 0 aliphatic rings. The molecule has 1 unspecified atom stereocenters. The van der Waals surface area contributed by atoms with Gasteiger partial charge in [-0.2, -0.15) is 0 Å². The van der Waals surface area contributed by atoms with Crippen molar-refractivity contribution in [2.75, 3.05) is 7.11 Å². The Hall–Kier alpha value is -0.610. The third-order valence-electron chi connectivity index (χ3n) is 1.25. The van der Waals surface area contributed by atoms with Crippen LogP contribution in [0.4, 0.5) is 4.39 Å². The van der Waals surface area contributed by atoms with Crippen LogP contribution < -0.4 is 0 Å². The maximum Gasteiger partial charge on any atom is 0.346 e. The van der Waals surface area contributed by atoms with Crippen LogP contribution in [0.2, 0.25) is 4.34 Å². The maximum atomic E-state index is 13.0. The van der Waals surface area contributed by atoms with Crippen molar-refractivity contribution in [3.63, 3.8) is 0 Å². The zero-order valence-corrected chi connectivity index (χ0v) is 7.79. The van der Waals surface area contributed by atoms with Crippen LogP contribution >= 0.6 is 22.9 Å². The predicted molar refractivity (Wildman–Crippen MR) is 45.2 cm³/mol. The molecular formula is C7H6ClFO2S. The predicted octanol–water partition coefficient (Wildman–Crippen LogP) is 2.59. The fourth-order valence-corrected chi connectivity index (χ4v) is 1.71. The molecule has 1 aromatic rings. The molecular weight excluding hydrogens is 203 g/mol. The minimum absolute atomic E-state index is 0.270. The highest BCUT2D eigenvalue weighted by Gasteiger charge is 2.21. The summed E-state index contributed by atoms with van der Waals surface area (Å²) < 4.78 is 17.7. The summed E-state index contributed by atoms with van der Waals surface area (Å²) in [6.45, 7) is 0. The average Bonchev–Trinajstić information content (AvgIpc) is 2.49. The van der Waals surface area contributed by atoms with Gasteiger partial charge in [0, 0.05) is 0 Å². The summed E-state index contributed by atoms with van der Waals surface area (Å²) >= 11 is 6.58. The SMILES string of the molecule is COC(=O)C(F)c1ccc(Cl)s1. The molecule has 0 spiro atoms. The van der Waals surface area contributed by atoms with Gasteiger partial charge in [0.05, 0.1) is 16.3 Å². The molecule has 0 aliphatic heterocycles. The molecule has 1 rings (SSSR count). The first-order valence-electron chi connectivity index (χ1n) is 3.12. The van der Waals surface area contributed by atoms with E-state index in [1.54, 1.807) is 0 Å². The van der Waals surface area contributed by atoms with Gasteiger partial charge in [-0.25, -0.2) is 9.18 Å². The Morgan fingerprint density at radius 1 is 1.75 bits per heavy atom. The number of thiophene rings is 1. The lowest BCUT2D eigenvalue weighted by Crippen LogP contribution is -2.07. The van der Waals surface area contributed by atoms with Gasteiger partial charge in [0.2, 0.25) is 6.17 Å². The molecule has 66 valence electrons. The Bertz CT molecular complexity index is 287. The second-order valence-corrected chi connectivity index (χ2v) is 3.77. The van der Waals surface area contributed by atoms with Crippen LogP contribution in [-0.2, 0) is 9.53 Å². The Kier molecular flexibility index (Phi) is 3.05. The highest BCUT2D eigenvalue weighted by molar-refractivity contribution is 7.16. The monoisotopic (exact) mass is 208 g/mol. The number of hydrogen-bond acceptors (Lipinski definition) is 3. The fourth-order valence-electron chi connectivity index (χ4n) is 0.684. The second kappa shape index (κ2) is 3.87. The largest absolute Gasteiger partial charge is 0.467 e. The summed E-state index contributed by atoms with van der Waals surface area (Å²) in [5.74, 6) is -0.895. The van der Waals surface area contributed by atoms with Gasteiger partial charge in [-0.15, -0.1) is 11.3 Å². The van der Waals surface area contributed by atoms with Crippen molar-refractivity contribution in [1.82, 2.24) is 0 Å². The van der Waals surface area contributed by atoms with Crippen LogP contribution in [0.25, 0.3) is 0 Å². The second-order valence-electron chi connectivity index (χ2n) is 2.03. The molecule has 1 atom stereocenters. The number of hydrogen-bond donors (Lipinski definition) is 0. The Morgan fingerprint density at radius 2 is 2.42 bits per heavy atom. The van der Waals surface area contributed by atoms with Crippen molar-refractivity contribution < 1.29 is 13.9 Å². The van der Waals surface area contributed by atoms with Crippen molar-refractivity contribution in [2.24, 2.45) is 0 Å². The average molecular weight is 209 g/mol. The highest BCUT2D eigenvalue weighted by atomic mass is 35.5. The van der Waals surface area contributed by atoms with Crippen LogP contribution in [0, 0.1) is 0 Å². The topological polar surface area (TPSA) is 26.3 Å². The number of alkyl halides is 1. The van der Waals surface area contributed by atoms with Crippen LogP contribution in [0.5, 0.6) is 0 Å². The van der Waals surface area contributed by atoms with Gasteiger partial charge in [0.15, 0.2) is 0 Å². The Balaban J connectivity index is 2.77. The molecule has 0 amide bonds. The standard InChI is InChI=1S/C7H6ClFO2S/c1-11-7(10)6(9)4-2-3-5(8)12-4/h2-3,6H,1H3. The van der Waals surface area contributed by atoms with Gasteiger partial charge in [-0.3, -0.25) is 0 Å². The van der Waals surface area contributed by atoms with Crippen molar-refractivity contribution in [3.8, 4) is 0 Å². The van der Waals surface area contributed by atoms with E-state index < -0.39 is 12.1 Å². The zero-order chi connectivity index (χ0) is 9.14. The van der Waals surface area contributed by atoms with E-state index in [4.69, 9.17) is 11.6 Å². The van der Waals surface area contributed by atoms with E-state index >= 15 is 0 Å². The summed E-state index contributed by atoms with van der Waals surface area (Å²) in [5.41, 5.74) is 0. The summed E-state index contributed by atoms with van der Waals surface area (Å²) in [6, 6.07) is 3.01. The molecule has 0 aromatic carbocycles. The van der Waals surface area contributed by atoms with E-state index in [1.165, 1.54) is 12.1 Å². The Labute approximate surface area is 77.9 Å². The minimum Gasteiger partial charge on any atom is -0.467 e. The van der Waals surface area contributed by atoms with E-state index in [0.717, 1.165) is 18.4 Å². The van der Waals surface area contributed by atoms with E-state index in [2.05, 4.69) is 4.74 Å². The van der Waals surface area contributed by atoms with Gasteiger partial charge >= 0.3 is 5.97 Å². The van der Waals surface area contributed by atoms with Gasteiger partial charge in [0.25, 0.3) is 0 Å². The maximum absolute atomic E-state index is 13.0. The Morgan fingerprint density at radius 3 is 2.83 bits per heavy atom. The van der Waals surface area contributed by atoms with Gasteiger partial charge in [0.1, 0.15) is 0 Å². The smallest absolute Gasteiger partial charge is 0.346 e. The summed E-state index contributed by atoms with van der Waals surface area (Å²) in [4.78, 5) is 11.0. The van der Waals surface area contributed by atoms with Crippen molar-refractivity contribution in [1.29, 1.82) is 0 Å². The molecule has 5 heteroatoms.